The summed E-state index contributed by atoms with van der Waals surface area (Å²) in [5, 5.41) is 4.93. The molecule has 0 spiro atoms. The number of nitrogens with zero attached hydrogens (tertiary/aromatic N) is 1. The maximum Gasteiger partial charge on any atom is 0.267 e. The molecule has 0 aromatic heterocycles. The first-order valence-corrected chi connectivity index (χ1v) is 6.37. The molecule has 90 valence electrons. The minimum Gasteiger partial charge on any atom is -0.277 e. The maximum atomic E-state index is 6.03. The molecule has 2 N–H and O–H groups in total. The average molecular weight is 251 g/mol. The van der Waals surface area contributed by atoms with Crippen molar-refractivity contribution >= 4 is 23.7 Å². The highest BCUT2D eigenvalue weighted by atomic mass is 35.5. The standard InChI is InChI=1S/C13H16ClN3/c14-12-7-4-3-6-11(12)10-16-17-13-8-2-1-5-9-15-13/h3-4,6-7,10H,1-2,5,8-9H2,(H,15,17)/p+1/b16-10+. The summed E-state index contributed by atoms with van der Waals surface area (Å²) in [7, 11) is 0. The van der Waals surface area contributed by atoms with Crippen molar-refractivity contribution in [2.45, 2.75) is 25.7 Å². The molecule has 3 nitrogen and oxygen atoms in total. The van der Waals surface area contributed by atoms with Crippen LogP contribution in [0.5, 0.6) is 0 Å². The summed E-state index contributed by atoms with van der Waals surface area (Å²) in [6.07, 6.45) is 6.53. The largest absolute Gasteiger partial charge is 0.277 e. The summed E-state index contributed by atoms with van der Waals surface area (Å²) >= 11 is 6.03. The lowest BCUT2D eigenvalue weighted by molar-refractivity contribution is -0.459. The number of halogens is 1. The highest BCUT2D eigenvalue weighted by molar-refractivity contribution is 6.33. The van der Waals surface area contributed by atoms with Crippen LogP contribution in [0.2, 0.25) is 5.02 Å². The lowest BCUT2D eigenvalue weighted by atomic mass is 10.2. The van der Waals surface area contributed by atoms with Gasteiger partial charge in [-0.05, 0) is 25.3 Å². The molecule has 0 saturated heterocycles. The van der Waals surface area contributed by atoms with Crippen molar-refractivity contribution in [3.63, 3.8) is 0 Å². The molecular weight excluding hydrogens is 234 g/mol. The van der Waals surface area contributed by atoms with Crippen LogP contribution in [-0.4, -0.2) is 18.6 Å². The summed E-state index contributed by atoms with van der Waals surface area (Å²) < 4.78 is 0. The first-order chi connectivity index (χ1) is 8.36. The van der Waals surface area contributed by atoms with Gasteiger partial charge in [0.25, 0.3) is 5.84 Å². The zero-order chi connectivity index (χ0) is 11.9. The SMILES string of the molecule is Clc1ccccc1/C=N/NC1=[NH+]CCCCC1. The Morgan fingerprint density at radius 1 is 1.24 bits per heavy atom. The van der Waals surface area contributed by atoms with Crippen LogP contribution < -0.4 is 10.4 Å². The molecule has 0 bridgehead atoms. The maximum absolute atomic E-state index is 6.03. The van der Waals surface area contributed by atoms with Crippen LogP contribution in [-0.2, 0) is 0 Å². The van der Waals surface area contributed by atoms with Crippen LogP contribution in [0.1, 0.15) is 31.2 Å². The Bertz CT molecular complexity index is 426. The minimum absolute atomic E-state index is 0.719. The normalized spacial score (nSPS) is 16.6. The molecule has 17 heavy (non-hydrogen) atoms. The Balaban J connectivity index is 1.93. The fourth-order valence-electron chi connectivity index (χ4n) is 1.79. The molecule has 0 saturated carbocycles. The molecule has 1 aliphatic rings. The molecule has 0 aliphatic carbocycles. The van der Waals surface area contributed by atoms with E-state index in [0.29, 0.717) is 0 Å². The number of hydrazone groups is 1. The zero-order valence-corrected chi connectivity index (χ0v) is 10.5. The predicted octanol–water partition coefficient (Wildman–Crippen LogP) is 1.32. The third kappa shape index (κ3) is 3.86. The van der Waals surface area contributed by atoms with Gasteiger partial charge in [0.1, 0.15) is 0 Å². The van der Waals surface area contributed by atoms with Crippen molar-refractivity contribution in [2.24, 2.45) is 5.10 Å². The van der Waals surface area contributed by atoms with E-state index in [2.05, 4.69) is 15.5 Å². The predicted molar refractivity (Wildman–Crippen MR) is 71.5 cm³/mol. The molecule has 2 rings (SSSR count). The van der Waals surface area contributed by atoms with Gasteiger partial charge in [0, 0.05) is 10.6 Å². The van der Waals surface area contributed by atoms with Crippen molar-refractivity contribution in [3.05, 3.63) is 34.9 Å². The van der Waals surface area contributed by atoms with Gasteiger partial charge in [-0.15, -0.1) is 0 Å². The van der Waals surface area contributed by atoms with Gasteiger partial charge in [-0.3, -0.25) is 4.99 Å². The third-order valence-electron chi connectivity index (χ3n) is 2.75. The van der Waals surface area contributed by atoms with Crippen LogP contribution in [0.15, 0.2) is 29.4 Å². The van der Waals surface area contributed by atoms with Crippen LogP contribution in [0, 0.1) is 0 Å². The Morgan fingerprint density at radius 3 is 3.00 bits per heavy atom. The first kappa shape index (κ1) is 12.1. The van der Waals surface area contributed by atoms with Crippen molar-refractivity contribution in [1.82, 2.24) is 5.43 Å². The number of amidine groups is 1. The van der Waals surface area contributed by atoms with Gasteiger partial charge in [-0.25, -0.2) is 0 Å². The molecular formula is C13H17ClN3+. The fourth-order valence-corrected chi connectivity index (χ4v) is 1.97. The zero-order valence-electron chi connectivity index (χ0n) is 9.75. The Kier molecular flexibility index (Phi) is 4.56. The average Bonchev–Trinajstić information content (AvgIpc) is 2.60. The molecule has 4 heteroatoms. The lowest BCUT2D eigenvalue weighted by Gasteiger charge is -1.96. The van der Waals surface area contributed by atoms with E-state index in [1.807, 2.05) is 24.3 Å². The van der Waals surface area contributed by atoms with Crippen molar-refractivity contribution < 1.29 is 4.99 Å². The third-order valence-corrected chi connectivity index (χ3v) is 3.09. The van der Waals surface area contributed by atoms with E-state index in [-0.39, 0.29) is 0 Å². The van der Waals surface area contributed by atoms with Crippen LogP contribution >= 0.6 is 11.6 Å². The Hall–Kier alpha value is -1.35. The molecule has 0 radical (unpaired) electrons. The van der Waals surface area contributed by atoms with Crippen molar-refractivity contribution in [2.75, 3.05) is 6.54 Å². The number of hydrogen-bond acceptors (Lipinski definition) is 2. The van der Waals surface area contributed by atoms with E-state index in [0.717, 1.165) is 29.4 Å². The number of nitrogens with one attached hydrogen (secondary N) is 2. The van der Waals surface area contributed by atoms with E-state index < -0.39 is 0 Å². The second-order valence-electron chi connectivity index (χ2n) is 4.11. The minimum atomic E-state index is 0.719. The molecule has 1 aliphatic heterocycles. The Morgan fingerprint density at radius 2 is 2.12 bits per heavy atom. The van der Waals surface area contributed by atoms with Crippen molar-refractivity contribution in [3.8, 4) is 0 Å². The second kappa shape index (κ2) is 6.40. The van der Waals surface area contributed by atoms with E-state index in [4.69, 9.17) is 11.6 Å². The van der Waals surface area contributed by atoms with Gasteiger partial charge in [0.2, 0.25) is 0 Å². The summed E-state index contributed by atoms with van der Waals surface area (Å²) in [5.74, 6) is 1.10. The number of rotatable bonds is 2. The summed E-state index contributed by atoms with van der Waals surface area (Å²) in [4.78, 5) is 3.34. The van der Waals surface area contributed by atoms with E-state index >= 15 is 0 Å². The number of hydrogen-bond donors (Lipinski definition) is 2. The molecule has 0 atom stereocenters. The van der Waals surface area contributed by atoms with E-state index in [9.17, 15) is 0 Å². The summed E-state index contributed by atoms with van der Waals surface area (Å²) in [6, 6.07) is 7.66. The van der Waals surface area contributed by atoms with Gasteiger partial charge < -0.3 is 0 Å². The van der Waals surface area contributed by atoms with E-state index in [1.165, 1.54) is 19.3 Å². The molecule has 1 aromatic rings. The lowest BCUT2D eigenvalue weighted by Crippen LogP contribution is -2.75. The van der Waals surface area contributed by atoms with Crippen LogP contribution in [0.3, 0.4) is 0 Å². The van der Waals surface area contributed by atoms with Gasteiger partial charge in [0.05, 0.1) is 19.2 Å². The van der Waals surface area contributed by atoms with Crippen molar-refractivity contribution in [1.29, 1.82) is 0 Å². The molecule has 0 fully saturated rings. The van der Waals surface area contributed by atoms with Gasteiger partial charge in [0.15, 0.2) is 0 Å². The molecule has 0 unspecified atom stereocenters. The topological polar surface area (TPSA) is 38.4 Å². The quantitative estimate of drug-likeness (QED) is 0.603. The molecule has 1 aromatic carbocycles. The van der Waals surface area contributed by atoms with Gasteiger partial charge in [-0.2, -0.15) is 5.43 Å². The highest BCUT2D eigenvalue weighted by Crippen LogP contribution is 2.11. The smallest absolute Gasteiger partial charge is 0.267 e. The summed E-state index contributed by atoms with van der Waals surface area (Å²) in [5.41, 5.74) is 3.98. The molecule has 0 amide bonds. The van der Waals surface area contributed by atoms with Gasteiger partial charge >= 0.3 is 0 Å². The molecule has 1 heterocycles. The van der Waals surface area contributed by atoms with Gasteiger partial charge in [-0.1, -0.05) is 34.9 Å². The number of benzene rings is 1. The van der Waals surface area contributed by atoms with Crippen LogP contribution in [0.4, 0.5) is 0 Å². The Labute approximate surface area is 107 Å². The summed E-state index contributed by atoms with van der Waals surface area (Å²) in [6.45, 7) is 1.03. The van der Waals surface area contributed by atoms with E-state index in [1.54, 1.807) is 6.21 Å². The highest BCUT2D eigenvalue weighted by Gasteiger charge is 2.08. The monoisotopic (exact) mass is 250 g/mol. The fraction of sp³-hybridized carbons (Fsp3) is 0.385. The van der Waals surface area contributed by atoms with Crippen LogP contribution in [0.25, 0.3) is 0 Å². The second-order valence-corrected chi connectivity index (χ2v) is 4.51. The first-order valence-electron chi connectivity index (χ1n) is 5.99.